The van der Waals surface area contributed by atoms with Crippen LogP contribution >= 0.6 is 0 Å². The molecule has 1 heterocycles. The van der Waals surface area contributed by atoms with Crippen LogP contribution in [0.1, 0.15) is 19.3 Å². The molecule has 4 heteroatoms. The Bertz CT molecular complexity index is 227. The minimum Gasteiger partial charge on any atom is -0.370 e. The molecular weight excluding hydrogens is 192 g/mol. The third kappa shape index (κ3) is 2.77. The lowest BCUT2D eigenvalue weighted by molar-refractivity contribution is -1.11. The maximum Gasteiger partial charge on any atom is 0.132 e. The molecule has 15 heavy (non-hydrogen) atoms. The molecule has 0 amide bonds. The number of morpholine rings is 1. The van der Waals surface area contributed by atoms with Crippen molar-refractivity contribution in [1.82, 2.24) is 0 Å². The molecule has 0 spiro atoms. The molecule has 1 aliphatic heterocycles. The maximum absolute atomic E-state index is 10.3. The molecule has 1 saturated carbocycles. The number of quaternary nitrogens is 1. The zero-order chi connectivity index (χ0) is 10.7. The summed E-state index contributed by atoms with van der Waals surface area (Å²) in [5.74, 6) is 0.614. The van der Waals surface area contributed by atoms with Gasteiger partial charge in [0.2, 0.25) is 0 Å². The molecule has 86 valence electrons. The molecule has 1 saturated heterocycles. The molecule has 4 nitrogen and oxygen atoms in total. The molecule has 2 atom stereocenters. The number of hydroxylamine groups is 3. The second-order valence-corrected chi connectivity index (χ2v) is 4.85. The van der Waals surface area contributed by atoms with E-state index in [4.69, 9.17) is 4.74 Å². The Kier molecular flexibility index (Phi) is 3.38. The van der Waals surface area contributed by atoms with Crippen molar-refractivity contribution in [2.24, 2.45) is 10.9 Å². The normalized spacial score (nSPS) is 35.3. The van der Waals surface area contributed by atoms with Gasteiger partial charge in [-0.05, 0) is 26.0 Å². The Balaban J connectivity index is 1.83. The summed E-state index contributed by atoms with van der Waals surface area (Å²) in [6, 6.07) is 0.433. The summed E-state index contributed by atoms with van der Waals surface area (Å²) in [6.45, 7) is 7.33. The molecule has 0 aromatic heterocycles. The molecule has 2 rings (SSSR count). The summed E-state index contributed by atoms with van der Waals surface area (Å²) >= 11 is 0. The molecule has 2 unspecified atom stereocenters. The lowest BCUT2D eigenvalue weighted by Crippen LogP contribution is -2.54. The fraction of sp³-hybridized carbons (Fsp3) is 0.909. The summed E-state index contributed by atoms with van der Waals surface area (Å²) < 4.78 is 5.47. The first-order valence-electron chi connectivity index (χ1n) is 5.84. The van der Waals surface area contributed by atoms with Gasteiger partial charge in [0.25, 0.3) is 0 Å². The van der Waals surface area contributed by atoms with E-state index < -0.39 is 0 Å². The zero-order valence-electron chi connectivity index (χ0n) is 9.27. The van der Waals surface area contributed by atoms with E-state index in [0.29, 0.717) is 25.2 Å². The molecular formula is C11H21N2O2+. The van der Waals surface area contributed by atoms with Gasteiger partial charge in [-0.3, -0.25) is 4.99 Å². The Hall–Kier alpha value is -0.450. The fourth-order valence-electron chi connectivity index (χ4n) is 2.73. The van der Waals surface area contributed by atoms with Crippen LogP contribution in [0.15, 0.2) is 4.99 Å². The van der Waals surface area contributed by atoms with Gasteiger partial charge in [0.15, 0.2) is 0 Å². The molecule has 2 fully saturated rings. The van der Waals surface area contributed by atoms with Gasteiger partial charge in [0, 0.05) is 12.0 Å². The lowest BCUT2D eigenvalue weighted by atomic mass is 10.1. The molecule has 1 N–H and O–H groups in total. The van der Waals surface area contributed by atoms with Gasteiger partial charge >= 0.3 is 0 Å². The average Bonchev–Trinajstić information content (AvgIpc) is 2.66. The minimum absolute atomic E-state index is 0.203. The third-order valence-corrected chi connectivity index (χ3v) is 3.67. The number of nitrogens with zero attached hydrogens (tertiary/aromatic N) is 2. The molecule has 1 aliphatic carbocycles. The zero-order valence-corrected chi connectivity index (χ0v) is 9.27. The molecule has 0 aromatic rings. The van der Waals surface area contributed by atoms with Crippen molar-refractivity contribution in [2.75, 3.05) is 32.8 Å². The van der Waals surface area contributed by atoms with Gasteiger partial charge < -0.3 is 4.74 Å². The van der Waals surface area contributed by atoms with E-state index in [1.807, 2.05) is 0 Å². The van der Waals surface area contributed by atoms with Crippen LogP contribution in [-0.2, 0) is 4.74 Å². The predicted molar refractivity (Wildman–Crippen MR) is 58.1 cm³/mol. The topological polar surface area (TPSA) is 41.8 Å². The standard InChI is InChI=1S/C11H21N2O2/c1-12-11-3-2-10(8-11)9-13(14)4-6-15-7-5-13/h10-11,14H,1-9H2/q+1. The molecule has 2 aliphatic rings. The highest BCUT2D eigenvalue weighted by Gasteiger charge is 2.35. The molecule has 0 aromatic carbocycles. The van der Waals surface area contributed by atoms with Gasteiger partial charge in [-0.1, -0.05) is 0 Å². The highest BCUT2D eigenvalue weighted by Crippen LogP contribution is 2.29. The first-order valence-corrected chi connectivity index (χ1v) is 5.84. The van der Waals surface area contributed by atoms with E-state index in [9.17, 15) is 5.21 Å². The Morgan fingerprint density at radius 1 is 1.33 bits per heavy atom. The van der Waals surface area contributed by atoms with E-state index in [0.717, 1.165) is 32.5 Å². The van der Waals surface area contributed by atoms with Crippen LogP contribution in [0.5, 0.6) is 0 Å². The smallest absolute Gasteiger partial charge is 0.132 e. The van der Waals surface area contributed by atoms with Gasteiger partial charge in [0.1, 0.15) is 19.6 Å². The van der Waals surface area contributed by atoms with Gasteiger partial charge in [-0.15, -0.1) is 0 Å². The van der Waals surface area contributed by atoms with Crippen molar-refractivity contribution in [1.29, 1.82) is 0 Å². The lowest BCUT2D eigenvalue weighted by Gasteiger charge is -2.35. The quantitative estimate of drug-likeness (QED) is 0.563. The van der Waals surface area contributed by atoms with E-state index in [2.05, 4.69) is 11.7 Å². The number of rotatable bonds is 3. The van der Waals surface area contributed by atoms with Crippen molar-refractivity contribution < 1.29 is 14.6 Å². The Morgan fingerprint density at radius 2 is 2.07 bits per heavy atom. The Morgan fingerprint density at radius 3 is 2.67 bits per heavy atom. The minimum atomic E-state index is 0.203. The van der Waals surface area contributed by atoms with Crippen molar-refractivity contribution in [2.45, 2.75) is 25.3 Å². The molecule has 0 radical (unpaired) electrons. The van der Waals surface area contributed by atoms with Crippen LogP contribution in [0.25, 0.3) is 0 Å². The second-order valence-electron chi connectivity index (χ2n) is 4.85. The van der Waals surface area contributed by atoms with E-state index in [-0.39, 0.29) is 4.65 Å². The highest BCUT2D eigenvalue weighted by molar-refractivity contribution is 5.24. The number of hydrogen-bond acceptors (Lipinski definition) is 3. The van der Waals surface area contributed by atoms with Crippen molar-refractivity contribution in [3.05, 3.63) is 0 Å². The van der Waals surface area contributed by atoms with Crippen LogP contribution in [0.3, 0.4) is 0 Å². The van der Waals surface area contributed by atoms with Gasteiger partial charge in [0.05, 0.1) is 13.2 Å². The van der Waals surface area contributed by atoms with Gasteiger partial charge in [-0.2, -0.15) is 4.65 Å². The summed E-state index contributed by atoms with van der Waals surface area (Å²) in [5.41, 5.74) is 0. The second kappa shape index (κ2) is 4.60. The number of ether oxygens (including phenoxy) is 1. The summed E-state index contributed by atoms with van der Waals surface area (Å²) in [4.78, 5) is 4.09. The van der Waals surface area contributed by atoms with Crippen molar-refractivity contribution >= 4 is 6.72 Å². The summed E-state index contributed by atoms with van der Waals surface area (Å²) in [6.07, 6.45) is 3.43. The van der Waals surface area contributed by atoms with Crippen LogP contribution in [-0.4, -0.2) is 55.5 Å². The largest absolute Gasteiger partial charge is 0.370 e. The van der Waals surface area contributed by atoms with Crippen LogP contribution in [0, 0.1) is 5.92 Å². The average molecular weight is 213 g/mol. The molecule has 0 bridgehead atoms. The van der Waals surface area contributed by atoms with Crippen molar-refractivity contribution in [3.63, 3.8) is 0 Å². The summed E-state index contributed by atoms with van der Waals surface area (Å²) in [5, 5.41) is 10.3. The maximum atomic E-state index is 10.3. The predicted octanol–water partition coefficient (Wildman–Crippen LogP) is 1.09. The van der Waals surface area contributed by atoms with E-state index in [1.54, 1.807) is 0 Å². The fourth-order valence-corrected chi connectivity index (χ4v) is 2.73. The van der Waals surface area contributed by atoms with Crippen molar-refractivity contribution in [3.8, 4) is 0 Å². The van der Waals surface area contributed by atoms with Crippen LogP contribution in [0.4, 0.5) is 0 Å². The number of hydrogen-bond donors (Lipinski definition) is 1. The first kappa shape index (κ1) is 11.0. The highest BCUT2D eigenvalue weighted by atomic mass is 16.6. The first-order chi connectivity index (χ1) is 7.22. The van der Waals surface area contributed by atoms with Crippen LogP contribution < -0.4 is 0 Å². The third-order valence-electron chi connectivity index (χ3n) is 3.67. The summed E-state index contributed by atoms with van der Waals surface area (Å²) in [7, 11) is 0. The van der Waals surface area contributed by atoms with E-state index >= 15 is 0 Å². The van der Waals surface area contributed by atoms with Gasteiger partial charge in [-0.25, -0.2) is 5.21 Å². The Labute approximate surface area is 91.1 Å². The monoisotopic (exact) mass is 213 g/mol. The van der Waals surface area contributed by atoms with Crippen LogP contribution in [0.2, 0.25) is 0 Å². The SMILES string of the molecule is C=NC1CCC(C[N+]2(O)CCOCC2)C1. The number of aliphatic imine (C=N–C) groups is 1. The van der Waals surface area contributed by atoms with E-state index in [1.165, 1.54) is 6.42 Å².